The standard InChI is InChI=1S/C17H32N2O2/c1-16(2,3)21-15(20)19(13-12-17(18)10-11-17)14-8-6-4-5-7-9-14/h14H,4-13,18H2,1-3H3. The van der Waals surface area contributed by atoms with Crippen LogP contribution in [0.3, 0.4) is 0 Å². The van der Waals surface area contributed by atoms with E-state index < -0.39 is 5.60 Å². The Labute approximate surface area is 129 Å². The number of hydrogen-bond donors (Lipinski definition) is 1. The van der Waals surface area contributed by atoms with Crippen molar-refractivity contribution in [2.24, 2.45) is 5.73 Å². The zero-order chi connectivity index (χ0) is 15.5. The van der Waals surface area contributed by atoms with Crippen LogP contribution in [0.5, 0.6) is 0 Å². The Balaban J connectivity index is 1.98. The van der Waals surface area contributed by atoms with Gasteiger partial charge in [-0.15, -0.1) is 0 Å². The van der Waals surface area contributed by atoms with Gasteiger partial charge in [-0.2, -0.15) is 0 Å². The van der Waals surface area contributed by atoms with Gasteiger partial charge in [0.15, 0.2) is 0 Å². The van der Waals surface area contributed by atoms with Gasteiger partial charge in [-0.3, -0.25) is 0 Å². The fourth-order valence-electron chi connectivity index (χ4n) is 3.07. The second-order valence-corrected chi connectivity index (χ2v) is 7.93. The summed E-state index contributed by atoms with van der Waals surface area (Å²) in [6.07, 6.45) is 10.2. The van der Waals surface area contributed by atoms with Crippen molar-refractivity contribution in [3.8, 4) is 0 Å². The molecule has 2 N–H and O–H groups in total. The van der Waals surface area contributed by atoms with Crippen LogP contribution in [-0.4, -0.2) is 34.7 Å². The Bertz CT molecular complexity index is 350. The van der Waals surface area contributed by atoms with Crippen molar-refractivity contribution in [3.63, 3.8) is 0 Å². The van der Waals surface area contributed by atoms with Crippen molar-refractivity contribution in [3.05, 3.63) is 0 Å². The molecule has 0 aromatic carbocycles. The van der Waals surface area contributed by atoms with Gasteiger partial charge >= 0.3 is 6.09 Å². The van der Waals surface area contributed by atoms with Crippen LogP contribution in [0.1, 0.15) is 78.6 Å². The third kappa shape index (κ3) is 5.50. The Morgan fingerprint density at radius 1 is 1.19 bits per heavy atom. The molecule has 0 bridgehead atoms. The molecule has 122 valence electrons. The predicted octanol–water partition coefficient (Wildman–Crippen LogP) is 3.83. The summed E-state index contributed by atoms with van der Waals surface area (Å²) in [5, 5.41) is 0. The number of rotatable bonds is 4. The maximum absolute atomic E-state index is 12.6. The summed E-state index contributed by atoms with van der Waals surface area (Å²) in [7, 11) is 0. The molecule has 2 aliphatic carbocycles. The van der Waals surface area contributed by atoms with E-state index in [0.717, 1.165) is 38.6 Å². The molecule has 0 radical (unpaired) electrons. The number of hydrogen-bond acceptors (Lipinski definition) is 3. The summed E-state index contributed by atoms with van der Waals surface area (Å²) >= 11 is 0. The number of carbonyl (C=O) groups is 1. The highest BCUT2D eigenvalue weighted by atomic mass is 16.6. The fraction of sp³-hybridized carbons (Fsp3) is 0.941. The number of nitrogens with zero attached hydrogens (tertiary/aromatic N) is 1. The summed E-state index contributed by atoms with van der Waals surface area (Å²) < 4.78 is 5.63. The van der Waals surface area contributed by atoms with E-state index in [1.165, 1.54) is 25.7 Å². The first kappa shape index (κ1) is 16.6. The average molecular weight is 296 g/mol. The molecule has 2 aliphatic rings. The van der Waals surface area contributed by atoms with Gasteiger partial charge in [-0.05, 0) is 52.9 Å². The van der Waals surface area contributed by atoms with Crippen molar-refractivity contribution in [1.29, 1.82) is 0 Å². The molecule has 0 aliphatic heterocycles. The molecule has 0 spiro atoms. The quantitative estimate of drug-likeness (QED) is 0.802. The van der Waals surface area contributed by atoms with Crippen LogP contribution in [0.15, 0.2) is 0 Å². The first-order valence-electron chi connectivity index (χ1n) is 8.58. The summed E-state index contributed by atoms with van der Waals surface area (Å²) in [4.78, 5) is 14.5. The Hall–Kier alpha value is -0.770. The number of carbonyl (C=O) groups excluding carboxylic acids is 1. The molecule has 0 atom stereocenters. The second-order valence-electron chi connectivity index (χ2n) is 7.93. The van der Waals surface area contributed by atoms with E-state index in [9.17, 15) is 4.79 Å². The average Bonchev–Trinajstić information content (AvgIpc) is 3.12. The molecule has 4 nitrogen and oxygen atoms in total. The van der Waals surface area contributed by atoms with Gasteiger partial charge in [-0.1, -0.05) is 25.7 Å². The zero-order valence-electron chi connectivity index (χ0n) is 14.0. The molecule has 2 rings (SSSR count). The van der Waals surface area contributed by atoms with Crippen molar-refractivity contribution < 1.29 is 9.53 Å². The van der Waals surface area contributed by atoms with E-state index >= 15 is 0 Å². The zero-order valence-corrected chi connectivity index (χ0v) is 14.0. The lowest BCUT2D eigenvalue weighted by atomic mass is 10.1. The smallest absolute Gasteiger partial charge is 0.410 e. The normalized spacial score (nSPS) is 22.5. The van der Waals surface area contributed by atoms with Crippen molar-refractivity contribution in [2.75, 3.05) is 6.54 Å². The molecular formula is C17H32N2O2. The third-order valence-electron chi connectivity index (χ3n) is 4.64. The SMILES string of the molecule is CC(C)(C)OC(=O)N(CCC1(N)CC1)C1CCCCCC1. The molecule has 0 aromatic rings. The summed E-state index contributed by atoms with van der Waals surface area (Å²) in [5.41, 5.74) is 5.76. The molecule has 0 heterocycles. The maximum Gasteiger partial charge on any atom is 0.410 e. The molecule has 0 aromatic heterocycles. The molecule has 21 heavy (non-hydrogen) atoms. The molecule has 2 saturated carbocycles. The van der Waals surface area contributed by atoms with Crippen LogP contribution in [0.4, 0.5) is 4.79 Å². The van der Waals surface area contributed by atoms with Crippen LogP contribution in [-0.2, 0) is 4.74 Å². The highest BCUT2D eigenvalue weighted by Crippen LogP contribution is 2.36. The number of nitrogens with two attached hydrogens (primary N) is 1. The summed E-state index contributed by atoms with van der Waals surface area (Å²) in [6.45, 7) is 6.54. The summed E-state index contributed by atoms with van der Waals surface area (Å²) in [6, 6.07) is 0.338. The van der Waals surface area contributed by atoms with Crippen LogP contribution in [0.25, 0.3) is 0 Å². The maximum atomic E-state index is 12.6. The van der Waals surface area contributed by atoms with Gasteiger partial charge in [0.25, 0.3) is 0 Å². The van der Waals surface area contributed by atoms with Crippen molar-refractivity contribution >= 4 is 6.09 Å². The van der Waals surface area contributed by atoms with Gasteiger partial charge in [0.2, 0.25) is 0 Å². The Morgan fingerprint density at radius 3 is 2.24 bits per heavy atom. The van der Waals surface area contributed by atoms with E-state index in [2.05, 4.69) is 0 Å². The molecule has 4 heteroatoms. The van der Waals surface area contributed by atoms with Crippen LogP contribution in [0, 0.1) is 0 Å². The lowest BCUT2D eigenvalue weighted by Gasteiger charge is -2.34. The lowest BCUT2D eigenvalue weighted by molar-refractivity contribution is 0.0137. The van der Waals surface area contributed by atoms with Gasteiger partial charge in [0.05, 0.1) is 0 Å². The minimum atomic E-state index is -0.431. The van der Waals surface area contributed by atoms with E-state index in [0.29, 0.717) is 6.04 Å². The first-order valence-corrected chi connectivity index (χ1v) is 8.58. The van der Waals surface area contributed by atoms with E-state index in [-0.39, 0.29) is 11.6 Å². The molecule has 1 amide bonds. The molecule has 0 saturated heterocycles. The Morgan fingerprint density at radius 2 is 1.76 bits per heavy atom. The van der Waals surface area contributed by atoms with Crippen LogP contribution in [0.2, 0.25) is 0 Å². The fourth-order valence-corrected chi connectivity index (χ4v) is 3.07. The third-order valence-corrected chi connectivity index (χ3v) is 4.64. The minimum absolute atomic E-state index is 0.00894. The van der Waals surface area contributed by atoms with Gasteiger partial charge in [0.1, 0.15) is 5.60 Å². The molecule has 0 unspecified atom stereocenters. The second kappa shape index (κ2) is 6.55. The van der Waals surface area contributed by atoms with Gasteiger partial charge < -0.3 is 15.4 Å². The van der Waals surface area contributed by atoms with E-state index in [4.69, 9.17) is 10.5 Å². The highest BCUT2D eigenvalue weighted by molar-refractivity contribution is 5.68. The number of amides is 1. The number of ether oxygens (including phenoxy) is 1. The van der Waals surface area contributed by atoms with Crippen LogP contribution >= 0.6 is 0 Å². The summed E-state index contributed by atoms with van der Waals surface area (Å²) in [5.74, 6) is 0. The first-order chi connectivity index (χ1) is 9.79. The molecule has 2 fully saturated rings. The lowest BCUT2D eigenvalue weighted by Crippen LogP contribution is -2.45. The minimum Gasteiger partial charge on any atom is -0.444 e. The van der Waals surface area contributed by atoms with E-state index in [1.807, 2.05) is 25.7 Å². The largest absolute Gasteiger partial charge is 0.444 e. The predicted molar refractivity (Wildman–Crippen MR) is 85.2 cm³/mol. The Kier molecular flexibility index (Phi) is 5.18. The molecular weight excluding hydrogens is 264 g/mol. The van der Waals surface area contributed by atoms with Crippen molar-refractivity contribution in [1.82, 2.24) is 4.90 Å². The topological polar surface area (TPSA) is 55.6 Å². The highest BCUT2D eigenvalue weighted by Gasteiger charge is 2.39. The monoisotopic (exact) mass is 296 g/mol. The van der Waals surface area contributed by atoms with Gasteiger partial charge in [0, 0.05) is 18.1 Å². The van der Waals surface area contributed by atoms with E-state index in [1.54, 1.807) is 0 Å². The van der Waals surface area contributed by atoms with Gasteiger partial charge in [-0.25, -0.2) is 4.79 Å². The van der Waals surface area contributed by atoms with Crippen LogP contribution < -0.4 is 5.73 Å². The van der Waals surface area contributed by atoms with Crippen molar-refractivity contribution in [2.45, 2.75) is 95.7 Å².